The minimum absolute atomic E-state index is 0.571. The first-order valence-corrected chi connectivity index (χ1v) is 7.81. The van der Waals surface area contributed by atoms with Crippen molar-refractivity contribution >= 4 is 11.6 Å². The molecule has 5 rings (SSSR count). The molecule has 1 saturated heterocycles. The molecular weight excluding hydrogens is 312 g/mol. The smallest absolute Gasteiger partial charge is 0.218 e. The van der Waals surface area contributed by atoms with E-state index in [1.165, 1.54) is 0 Å². The second-order valence-electron chi connectivity index (χ2n) is 5.80. The minimum Gasteiger partial charge on any atom is -0.282 e. The van der Waals surface area contributed by atoms with E-state index in [4.69, 9.17) is 16.4 Å². The lowest BCUT2D eigenvalue weighted by Crippen LogP contribution is -2.18. The number of rotatable bonds is 1. The summed E-state index contributed by atoms with van der Waals surface area (Å²) in [6, 6.07) is 16.1. The molecule has 3 aromatic rings. The van der Waals surface area contributed by atoms with Crippen LogP contribution in [0.4, 0.5) is 0 Å². The molecule has 2 aromatic carbocycles. The van der Waals surface area contributed by atoms with E-state index in [0.29, 0.717) is 11.6 Å². The van der Waals surface area contributed by atoms with Crippen LogP contribution in [0.25, 0.3) is 5.69 Å². The summed E-state index contributed by atoms with van der Waals surface area (Å²) < 4.78 is 2.08. The van der Waals surface area contributed by atoms with E-state index in [-0.39, 0.29) is 0 Å². The number of hydrogen-bond acceptors (Lipinski definition) is 4. The Morgan fingerprint density at radius 1 is 1.13 bits per heavy atom. The summed E-state index contributed by atoms with van der Waals surface area (Å²) in [6.07, 6.45) is 0. The Labute approximate surface area is 138 Å². The first kappa shape index (κ1) is 13.2. The molecule has 1 aromatic heterocycles. The fourth-order valence-corrected chi connectivity index (χ4v) is 3.58. The van der Waals surface area contributed by atoms with Crippen molar-refractivity contribution in [2.45, 2.75) is 19.2 Å². The molecule has 3 heterocycles. The zero-order valence-electron chi connectivity index (χ0n) is 12.4. The van der Waals surface area contributed by atoms with Crippen molar-refractivity contribution in [3.8, 4) is 5.69 Å². The Morgan fingerprint density at radius 3 is 2.78 bits per heavy atom. The Bertz CT molecular complexity index is 924. The normalized spacial score (nSPS) is 24.3. The molecule has 0 amide bonds. The molecule has 0 aliphatic carbocycles. The average molecular weight is 325 g/mol. The van der Waals surface area contributed by atoms with E-state index in [9.17, 15) is 0 Å². The number of hydroxylamine groups is 2. The van der Waals surface area contributed by atoms with Gasteiger partial charge in [0.05, 0.1) is 12.2 Å². The predicted octanol–water partition coefficient (Wildman–Crippen LogP) is 3.19. The largest absolute Gasteiger partial charge is 0.282 e. The summed E-state index contributed by atoms with van der Waals surface area (Å²) in [5.41, 5.74) is 2.50. The average Bonchev–Trinajstić information content (AvgIpc) is 3.20. The van der Waals surface area contributed by atoms with Gasteiger partial charge in [0.25, 0.3) is 0 Å². The summed E-state index contributed by atoms with van der Waals surface area (Å²) in [6.45, 7) is 2.53. The maximum atomic E-state index is 6.29. The van der Waals surface area contributed by atoms with Gasteiger partial charge in [-0.2, -0.15) is 0 Å². The predicted molar refractivity (Wildman–Crippen MR) is 85.0 cm³/mol. The number of aryl methyl sites for hydroxylation is 1. The van der Waals surface area contributed by atoms with E-state index in [1.54, 1.807) is 0 Å². The van der Waals surface area contributed by atoms with E-state index >= 15 is 0 Å². The van der Waals surface area contributed by atoms with Crippen LogP contribution in [0, 0.1) is 6.92 Å². The number of halogens is 1. The topological polar surface area (TPSA) is 46.2 Å². The molecule has 114 valence electrons. The van der Waals surface area contributed by atoms with Crippen molar-refractivity contribution in [1.29, 1.82) is 0 Å². The van der Waals surface area contributed by atoms with Gasteiger partial charge in [0.1, 0.15) is 5.82 Å². The Hall–Kier alpha value is -2.21. The van der Waals surface area contributed by atoms with Gasteiger partial charge < -0.3 is 0 Å². The van der Waals surface area contributed by atoms with Gasteiger partial charge >= 0.3 is 0 Å². The zero-order valence-corrected chi connectivity index (χ0v) is 13.2. The minimum atomic E-state index is -0.603. The molecule has 2 atom stereocenters. The molecule has 0 N–H and O–H groups in total. The monoisotopic (exact) mass is 324 g/mol. The third-order valence-corrected chi connectivity index (χ3v) is 4.70. The van der Waals surface area contributed by atoms with Crippen LogP contribution in [-0.2, 0) is 17.1 Å². The van der Waals surface area contributed by atoms with Crippen LogP contribution in [0.5, 0.6) is 0 Å². The van der Waals surface area contributed by atoms with Crippen LogP contribution < -0.4 is 0 Å². The summed E-state index contributed by atoms with van der Waals surface area (Å²) >= 11 is 6.29. The van der Waals surface area contributed by atoms with Crippen LogP contribution in [0.2, 0.25) is 5.02 Å². The summed E-state index contributed by atoms with van der Waals surface area (Å²) in [7, 11) is 0. The maximum absolute atomic E-state index is 6.29. The third kappa shape index (κ3) is 1.69. The van der Waals surface area contributed by atoms with Gasteiger partial charge in [0, 0.05) is 16.1 Å². The Balaban J connectivity index is 1.83. The molecule has 1 unspecified atom stereocenters. The van der Waals surface area contributed by atoms with Crippen molar-refractivity contribution in [3.05, 3.63) is 76.3 Å². The highest BCUT2D eigenvalue weighted by Crippen LogP contribution is 2.54. The molecule has 0 radical (unpaired) electrons. The van der Waals surface area contributed by atoms with Crippen LogP contribution in [0.1, 0.15) is 22.8 Å². The summed E-state index contributed by atoms with van der Waals surface area (Å²) in [5.74, 6) is 1.72. The number of aromatic nitrogens is 3. The van der Waals surface area contributed by atoms with E-state index in [1.807, 2.05) is 48.4 Å². The van der Waals surface area contributed by atoms with Gasteiger partial charge in [-0.3, -0.25) is 9.40 Å². The highest BCUT2D eigenvalue weighted by Gasteiger charge is 2.61. The first-order chi connectivity index (χ1) is 11.2. The highest BCUT2D eigenvalue weighted by atomic mass is 35.5. The molecule has 0 spiro atoms. The summed E-state index contributed by atoms with van der Waals surface area (Å²) in [5, 5.41) is 11.1. The van der Waals surface area contributed by atoms with Crippen LogP contribution in [0.3, 0.4) is 0 Å². The van der Waals surface area contributed by atoms with Crippen molar-refractivity contribution < 1.29 is 4.84 Å². The fraction of sp³-hybridized carbons (Fsp3) is 0.176. The first-order valence-electron chi connectivity index (χ1n) is 7.44. The quantitative estimate of drug-likeness (QED) is 0.645. The van der Waals surface area contributed by atoms with Gasteiger partial charge in [-0.15, -0.1) is 15.3 Å². The molecule has 0 saturated carbocycles. The van der Waals surface area contributed by atoms with Crippen LogP contribution in [-0.4, -0.2) is 19.8 Å². The van der Waals surface area contributed by atoms with Crippen molar-refractivity contribution in [2.24, 2.45) is 0 Å². The molecule has 2 aliphatic heterocycles. The molecule has 6 heteroatoms. The van der Waals surface area contributed by atoms with E-state index < -0.39 is 5.72 Å². The molecule has 5 nitrogen and oxygen atoms in total. The van der Waals surface area contributed by atoms with Crippen LogP contribution in [0.15, 0.2) is 48.5 Å². The van der Waals surface area contributed by atoms with E-state index in [0.717, 1.165) is 28.5 Å². The standard InChI is InChI=1S/C17H13ClN4O/c1-11-19-20-16-10-21-17(23-21,12-5-3-2-4-6-12)14-9-13(18)7-8-15(14)22(11)16/h2-9H,10H2,1H3/t17-,21?/m0/s1. The molecular formula is C17H13ClN4O. The van der Waals surface area contributed by atoms with Gasteiger partial charge in [0.2, 0.25) is 5.72 Å². The molecule has 23 heavy (non-hydrogen) atoms. The van der Waals surface area contributed by atoms with E-state index in [2.05, 4.69) is 26.9 Å². The van der Waals surface area contributed by atoms with Crippen LogP contribution >= 0.6 is 11.6 Å². The number of hydrogen-bond donors (Lipinski definition) is 0. The van der Waals surface area contributed by atoms with Gasteiger partial charge in [-0.05, 0) is 25.1 Å². The Kier molecular flexibility index (Phi) is 2.54. The van der Waals surface area contributed by atoms with Crippen molar-refractivity contribution in [3.63, 3.8) is 0 Å². The molecule has 0 bridgehead atoms. The lowest BCUT2D eigenvalue weighted by Gasteiger charge is -2.16. The van der Waals surface area contributed by atoms with Gasteiger partial charge in [-0.25, -0.2) is 0 Å². The van der Waals surface area contributed by atoms with Gasteiger partial charge in [0.15, 0.2) is 5.82 Å². The third-order valence-electron chi connectivity index (χ3n) is 4.47. The highest BCUT2D eigenvalue weighted by molar-refractivity contribution is 6.30. The lowest BCUT2D eigenvalue weighted by atomic mass is 9.95. The SMILES string of the molecule is Cc1nnc2n1-c1ccc(Cl)cc1[C@]1(c3ccccc3)ON1C2. The number of fused-ring (bicyclic) bond motifs is 5. The fourth-order valence-electron chi connectivity index (χ4n) is 3.41. The Morgan fingerprint density at radius 2 is 1.96 bits per heavy atom. The lowest BCUT2D eigenvalue weighted by molar-refractivity contribution is 0.183. The van der Waals surface area contributed by atoms with Crippen molar-refractivity contribution in [1.82, 2.24) is 19.8 Å². The number of nitrogens with zero attached hydrogens (tertiary/aromatic N) is 4. The molecule has 2 aliphatic rings. The molecule has 1 fully saturated rings. The summed E-state index contributed by atoms with van der Waals surface area (Å²) in [4.78, 5) is 6.07. The maximum Gasteiger partial charge on any atom is 0.218 e. The second kappa shape index (κ2) is 4.41. The van der Waals surface area contributed by atoms with Crippen molar-refractivity contribution in [2.75, 3.05) is 0 Å². The number of benzene rings is 2. The zero-order chi connectivity index (χ0) is 15.6. The second-order valence-corrected chi connectivity index (χ2v) is 6.23. The van der Waals surface area contributed by atoms with Gasteiger partial charge in [-0.1, -0.05) is 41.9 Å².